The van der Waals surface area contributed by atoms with Crippen molar-refractivity contribution in [1.82, 2.24) is 10.6 Å². The lowest BCUT2D eigenvalue weighted by Gasteiger charge is -2.38. The first-order valence-electron chi connectivity index (χ1n) is 9.65. The zero-order chi connectivity index (χ0) is 20.1. The van der Waals surface area contributed by atoms with E-state index >= 15 is 0 Å². The van der Waals surface area contributed by atoms with Crippen molar-refractivity contribution < 1.29 is 13.5 Å². The van der Waals surface area contributed by atoms with Crippen LogP contribution in [0.4, 0.5) is 0 Å². The molecular weight excluding hydrogens is 362 g/mol. The normalized spacial score (nSPS) is 23.9. The zero-order valence-electron chi connectivity index (χ0n) is 16.9. The van der Waals surface area contributed by atoms with Crippen molar-refractivity contribution >= 4 is 15.8 Å². The minimum atomic E-state index is -3.21. The summed E-state index contributed by atoms with van der Waals surface area (Å²) in [5.41, 5.74) is 1.56. The Bertz CT molecular complexity index is 777. The smallest absolute Gasteiger partial charge is 0.191 e. The first-order valence-corrected chi connectivity index (χ1v) is 11.5. The highest BCUT2D eigenvalue weighted by molar-refractivity contribution is 7.90. The molecular formula is C20H33N3O3S. The predicted octanol–water partition coefficient (Wildman–Crippen LogP) is 2.39. The van der Waals surface area contributed by atoms with E-state index in [1.807, 2.05) is 19.1 Å². The van der Waals surface area contributed by atoms with Crippen LogP contribution in [0.2, 0.25) is 0 Å². The third-order valence-electron chi connectivity index (χ3n) is 5.34. The molecule has 0 spiro atoms. The number of rotatable bonds is 6. The van der Waals surface area contributed by atoms with Gasteiger partial charge in [0.1, 0.15) is 0 Å². The van der Waals surface area contributed by atoms with E-state index in [9.17, 15) is 13.5 Å². The number of aliphatic hydroxyl groups is 1. The van der Waals surface area contributed by atoms with Gasteiger partial charge in [-0.25, -0.2) is 13.4 Å². The van der Waals surface area contributed by atoms with Gasteiger partial charge in [0, 0.05) is 24.8 Å². The minimum Gasteiger partial charge on any atom is -0.392 e. The van der Waals surface area contributed by atoms with Gasteiger partial charge in [0.05, 0.1) is 17.5 Å². The largest absolute Gasteiger partial charge is 0.392 e. The molecule has 1 aliphatic rings. The Labute approximate surface area is 163 Å². The molecule has 2 unspecified atom stereocenters. The van der Waals surface area contributed by atoms with Crippen molar-refractivity contribution in [3.63, 3.8) is 0 Å². The second kappa shape index (κ2) is 9.06. The van der Waals surface area contributed by atoms with Crippen LogP contribution < -0.4 is 10.6 Å². The lowest BCUT2D eigenvalue weighted by Crippen LogP contribution is -2.48. The first kappa shape index (κ1) is 21.7. The molecule has 7 heteroatoms. The van der Waals surface area contributed by atoms with Crippen LogP contribution >= 0.6 is 0 Å². The van der Waals surface area contributed by atoms with E-state index in [4.69, 9.17) is 0 Å². The van der Waals surface area contributed by atoms with E-state index in [2.05, 4.69) is 22.5 Å². The molecule has 0 aromatic heterocycles. The SMILES string of the molecule is CCNC(=NCc1ccc(S(C)(=O)=O)c(C)c1)NCC1(C)CCCCC1O. The maximum atomic E-state index is 11.7. The molecule has 0 saturated heterocycles. The Kier molecular flexibility index (Phi) is 7.28. The van der Waals surface area contributed by atoms with Crippen LogP contribution in [0.25, 0.3) is 0 Å². The summed E-state index contributed by atoms with van der Waals surface area (Å²) < 4.78 is 23.5. The zero-order valence-corrected chi connectivity index (χ0v) is 17.7. The maximum Gasteiger partial charge on any atom is 0.191 e. The number of aryl methyl sites for hydroxylation is 1. The number of benzene rings is 1. The van der Waals surface area contributed by atoms with Crippen LogP contribution in [-0.4, -0.2) is 44.9 Å². The Hall–Kier alpha value is -1.60. The molecule has 1 fully saturated rings. The topological polar surface area (TPSA) is 90.8 Å². The van der Waals surface area contributed by atoms with Gasteiger partial charge in [-0.1, -0.05) is 31.9 Å². The summed E-state index contributed by atoms with van der Waals surface area (Å²) in [4.78, 5) is 4.98. The standard InChI is InChI=1S/C20H33N3O3S/c1-5-21-19(23-14-20(3)11-7-6-8-18(20)24)22-13-16-9-10-17(15(2)12-16)27(4,25)26/h9-10,12,18,24H,5-8,11,13-14H2,1-4H3,(H2,21,22,23). The first-order chi connectivity index (χ1) is 12.7. The van der Waals surface area contributed by atoms with Crippen molar-refractivity contribution in [1.29, 1.82) is 0 Å². The third kappa shape index (κ3) is 5.94. The molecule has 1 aromatic carbocycles. The molecule has 6 nitrogen and oxygen atoms in total. The van der Waals surface area contributed by atoms with Gasteiger partial charge in [0.15, 0.2) is 15.8 Å². The van der Waals surface area contributed by atoms with Crippen molar-refractivity contribution in [2.45, 2.75) is 64.0 Å². The average Bonchev–Trinajstić information content (AvgIpc) is 2.59. The van der Waals surface area contributed by atoms with Crippen molar-refractivity contribution in [2.24, 2.45) is 10.4 Å². The average molecular weight is 396 g/mol. The molecule has 0 amide bonds. The number of nitrogens with one attached hydrogen (secondary N) is 2. The molecule has 27 heavy (non-hydrogen) atoms. The number of hydrogen-bond acceptors (Lipinski definition) is 4. The van der Waals surface area contributed by atoms with Gasteiger partial charge < -0.3 is 15.7 Å². The van der Waals surface area contributed by atoms with Gasteiger partial charge in [-0.2, -0.15) is 0 Å². The second-order valence-electron chi connectivity index (χ2n) is 7.84. The Morgan fingerprint density at radius 2 is 2.07 bits per heavy atom. The predicted molar refractivity (Wildman–Crippen MR) is 110 cm³/mol. The summed E-state index contributed by atoms with van der Waals surface area (Å²) in [6.45, 7) is 7.82. The van der Waals surface area contributed by atoms with Crippen LogP contribution in [0, 0.1) is 12.3 Å². The van der Waals surface area contributed by atoms with Gasteiger partial charge >= 0.3 is 0 Å². The number of hydrogen-bond donors (Lipinski definition) is 3. The molecule has 1 saturated carbocycles. The Morgan fingerprint density at radius 1 is 1.33 bits per heavy atom. The molecule has 2 atom stereocenters. The Morgan fingerprint density at radius 3 is 2.67 bits per heavy atom. The number of guanidine groups is 1. The number of aliphatic hydroxyl groups excluding tert-OH is 1. The van der Waals surface area contributed by atoms with E-state index < -0.39 is 9.84 Å². The number of nitrogens with zero attached hydrogens (tertiary/aromatic N) is 1. The second-order valence-corrected chi connectivity index (χ2v) is 9.82. The van der Waals surface area contributed by atoms with E-state index in [0.29, 0.717) is 23.9 Å². The molecule has 152 valence electrons. The fourth-order valence-corrected chi connectivity index (χ4v) is 4.57. The highest BCUT2D eigenvalue weighted by Gasteiger charge is 2.35. The highest BCUT2D eigenvalue weighted by Crippen LogP contribution is 2.35. The van der Waals surface area contributed by atoms with Gasteiger partial charge in [-0.05, 0) is 43.9 Å². The quantitative estimate of drug-likeness (QED) is 0.508. The van der Waals surface area contributed by atoms with Crippen LogP contribution in [0.15, 0.2) is 28.1 Å². The molecule has 3 N–H and O–H groups in total. The third-order valence-corrected chi connectivity index (χ3v) is 6.60. The summed E-state index contributed by atoms with van der Waals surface area (Å²) in [6.07, 6.45) is 5.04. The fraction of sp³-hybridized carbons (Fsp3) is 0.650. The van der Waals surface area contributed by atoms with Gasteiger partial charge in [-0.3, -0.25) is 0 Å². The van der Waals surface area contributed by atoms with Crippen LogP contribution in [0.3, 0.4) is 0 Å². The van der Waals surface area contributed by atoms with E-state index in [0.717, 1.165) is 43.4 Å². The lowest BCUT2D eigenvalue weighted by atomic mass is 9.73. The number of aliphatic imine (C=N–C) groups is 1. The Balaban J connectivity index is 2.06. The maximum absolute atomic E-state index is 11.7. The van der Waals surface area contributed by atoms with Crippen molar-refractivity contribution in [3.8, 4) is 0 Å². The summed E-state index contributed by atoms with van der Waals surface area (Å²) in [5.74, 6) is 0.710. The summed E-state index contributed by atoms with van der Waals surface area (Å²) in [7, 11) is -3.21. The van der Waals surface area contributed by atoms with Crippen LogP contribution in [-0.2, 0) is 16.4 Å². The van der Waals surface area contributed by atoms with Gasteiger partial charge in [0.25, 0.3) is 0 Å². The molecule has 1 aromatic rings. The summed E-state index contributed by atoms with van der Waals surface area (Å²) in [6, 6.07) is 5.33. The summed E-state index contributed by atoms with van der Waals surface area (Å²) in [5, 5.41) is 17.0. The molecule has 1 aliphatic carbocycles. The highest BCUT2D eigenvalue weighted by atomic mass is 32.2. The molecule has 0 bridgehead atoms. The number of sulfone groups is 1. The van der Waals surface area contributed by atoms with Gasteiger partial charge in [-0.15, -0.1) is 0 Å². The summed E-state index contributed by atoms with van der Waals surface area (Å²) >= 11 is 0. The molecule has 2 rings (SSSR count). The van der Waals surface area contributed by atoms with Crippen LogP contribution in [0.5, 0.6) is 0 Å². The van der Waals surface area contributed by atoms with Crippen molar-refractivity contribution in [3.05, 3.63) is 29.3 Å². The molecule has 0 aliphatic heterocycles. The van der Waals surface area contributed by atoms with E-state index in [1.54, 1.807) is 13.0 Å². The molecule has 0 heterocycles. The fourth-order valence-electron chi connectivity index (χ4n) is 3.61. The monoisotopic (exact) mass is 395 g/mol. The van der Waals surface area contributed by atoms with E-state index in [-0.39, 0.29) is 11.5 Å². The lowest BCUT2D eigenvalue weighted by molar-refractivity contribution is 0.00397. The molecule has 0 radical (unpaired) electrons. The van der Waals surface area contributed by atoms with E-state index in [1.165, 1.54) is 6.26 Å². The minimum absolute atomic E-state index is 0.137. The van der Waals surface area contributed by atoms with Gasteiger partial charge in [0.2, 0.25) is 0 Å². The van der Waals surface area contributed by atoms with Crippen LogP contribution in [0.1, 0.15) is 50.7 Å². The van der Waals surface area contributed by atoms with Crippen molar-refractivity contribution in [2.75, 3.05) is 19.3 Å².